The fourth-order valence-corrected chi connectivity index (χ4v) is 5.23. The average molecular weight is 560 g/mol. The van der Waals surface area contributed by atoms with E-state index in [-0.39, 0.29) is 11.3 Å². The van der Waals surface area contributed by atoms with Gasteiger partial charge in [0.15, 0.2) is 0 Å². The average Bonchev–Trinajstić information content (AvgIpc) is 2.96. The smallest absolute Gasteiger partial charge is 0.343 e. The van der Waals surface area contributed by atoms with E-state index in [4.69, 9.17) is 19.6 Å². The Labute approximate surface area is 240 Å². The number of nitrogen functional groups attached to an aromatic ring is 1. The van der Waals surface area contributed by atoms with Gasteiger partial charge in [-0.15, -0.1) is 0 Å². The van der Waals surface area contributed by atoms with Gasteiger partial charge in [0.1, 0.15) is 24.4 Å². The Morgan fingerprint density at radius 2 is 1.66 bits per heavy atom. The first-order valence-corrected chi connectivity index (χ1v) is 14.0. The quantitative estimate of drug-likeness (QED) is 0.0901. The molecule has 0 atom stereocenters. The van der Waals surface area contributed by atoms with Crippen LogP contribution >= 0.6 is 0 Å². The molecule has 0 bridgehead atoms. The summed E-state index contributed by atoms with van der Waals surface area (Å²) in [6, 6.07) is 16.0. The largest absolute Gasteiger partial charge is 0.456 e. The number of rotatable bonds is 10. The fraction of sp³-hybridized carbons (Fsp3) is 0.344. The van der Waals surface area contributed by atoms with Crippen LogP contribution in [0.3, 0.4) is 0 Å². The zero-order chi connectivity index (χ0) is 29.7. The minimum absolute atomic E-state index is 0.179. The van der Waals surface area contributed by atoms with Crippen LogP contribution in [0.2, 0.25) is 0 Å². The number of nitrogens with one attached hydrogen (secondary N) is 1. The molecular weight excluding hydrogens is 520 g/mol. The second kappa shape index (κ2) is 12.8. The van der Waals surface area contributed by atoms with E-state index in [1.807, 2.05) is 36.4 Å². The Hall–Kier alpha value is -4.53. The van der Waals surface area contributed by atoms with Crippen LogP contribution in [-0.2, 0) is 14.3 Å². The number of carbonyl (C=O) groups is 2. The number of hydrogen-bond acceptors (Lipinski definition) is 8. The third kappa shape index (κ3) is 5.84. The van der Waals surface area contributed by atoms with Crippen molar-refractivity contribution >= 4 is 40.0 Å². The lowest BCUT2D eigenvalue weighted by Crippen LogP contribution is -2.29. The minimum Gasteiger partial charge on any atom is -0.456 e. The molecule has 9 heteroatoms. The van der Waals surface area contributed by atoms with Crippen LogP contribution in [0.25, 0.3) is 33.4 Å². The maximum Gasteiger partial charge on any atom is 0.343 e. The first-order chi connectivity index (χ1) is 19.8. The van der Waals surface area contributed by atoms with Gasteiger partial charge in [0, 0.05) is 61.4 Å². The Bertz CT molecular complexity index is 1610. The van der Waals surface area contributed by atoms with E-state index in [0.29, 0.717) is 22.6 Å². The third-order valence-electron chi connectivity index (χ3n) is 7.39. The Morgan fingerprint density at radius 1 is 0.951 bits per heavy atom. The van der Waals surface area contributed by atoms with Gasteiger partial charge in [-0.1, -0.05) is 6.07 Å². The fourth-order valence-electron chi connectivity index (χ4n) is 5.23. The molecular formula is C32H39N4O5+. The van der Waals surface area contributed by atoms with Gasteiger partial charge in [0.2, 0.25) is 12.2 Å². The molecule has 4 rings (SSSR count). The second-order valence-corrected chi connectivity index (χ2v) is 9.57. The van der Waals surface area contributed by atoms with E-state index in [2.05, 4.69) is 54.6 Å². The van der Waals surface area contributed by atoms with Crippen molar-refractivity contribution < 1.29 is 23.5 Å². The highest BCUT2D eigenvalue weighted by atomic mass is 16.7. The number of hydrogen-bond donors (Lipinski definition) is 2. The van der Waals surface area contributed by atoms with Crippen LogP contribution < -0.4 is 25.9 Å². The normalized spacial score (nSPS) is 11.0. The summed E-state index contributed by atoms with van der Waals surface area (Å²) in [5.41, 5.74) is 11.5. The monoisotopic (exact) mass is 559 g/mol. The van der Waals surface area contributed by atoms with Gasteiger partial charge in [-0.2, -0.15) is 0 Å². The SMILES string of the molecule is CCN(CC)c1ccc2c(-c3ccc(NC)c(N)c3C(=O)OCOC(C)=O)c3ccc(=[N+](CC)CC)cc-3oc2c1. The van der Waals surface area contributed by atoms with Gasteiger partial charge in [0.05, 0.1) is 23.0 Å². The Balaban J connectivity index is 2.08. The highest BCUT2D eigenvalue weighted by Gasteiger charge is 2.26. The van der Waals surface area contributed by atoms with Crippen LogP contribution in [0, 0.1) is 0 Å². The summed E-state index contributed by atoms with van der Waals surface area (Å²) < 4.78 is 19.0. The lowest BCUT2D eigenvalue weighted by atomic mass is 9.89. The molecule has 0 unspecified atom stereocenters. The van der Waals surface area contributed by atoms with Crippen molar-refractivity contribution in [2.75, 3.05) is 56.0 Å². The molecule has 0 saturated heterocycles. The molecule has 0 aromatic heterocycles. The van der Waals surface area contributed by atoms with Gasteiger partial charge in [-0.3, -0.25) is 4.79 Å². The summed E-state index contributed by atoms with van der Waals surface area (Å²) in [4.78, 5) is 27.0. The molecule has 0 amide bonds. The Kier molecular flexibility index (Phi) is 9.17. The van der Waals surface area contributed by atoms with Crippen LogP contribution in [0.5, 0.6) is 0 Å². The van der Waals surface area contributed by atoms with Gasteiger partial charge < -0.3 is 29.8 Å². The predicted molar refractivity (Wildman–Crippen MR) is 164 cm³/mol. The molecule has 2 aromatic carbocycles. The molecule has 1 aliphatic heterocycles. The van der Waals surface area contributed by atoms with E-state index >= 15 is 0 Å². The molecule has 3 N–H and O–H groups in total. The van der Waals surface area contributed by atoms with Crippen molar-refractivity contribution in [2.24, 2.45) is 0 Å². The summed E-state index contributed by atoms with van der Waals surface area (Å²) in [6.07, 6.45) is 0. The highest BCUT2D eigenvalue weighted by Crippen LogP contribution is 2.44. The van der Waals surface area contributed by atoms with E-state index in [1.165, 1.54) is 6.92 Å². The maximum absolute atomic E-state index is 13.5. The topological polar surface area (TPSA) is 110 Å². The summed E-state index contributed by atoms with van der Waals surface area (Å²) in [7, 11) is 1.73. The third-order valence-corrected chi connectivity index (χ3v) is 7.39. The second-order valence-electron chi connectivity index (χ2n) is 9.57. The number of ether oxygens (including phenoxy) is 2. The van der Waals surface area contributed by atoms with E-state index < -0.39 is 18.7 Å². The Morgan fingerprint density at radius 3 is 2.29 bits per heavy atom. The van der Waals surface area contributed by atoms with Crippen molar-refractivity contribution in [1.82, 2.24) is 4.58 Å². The molecule has 41 heavy (non-hydrogen) atoms. The van der Waals surface area contributed by atoms with Gasteiger partial charge in [-0.25, -0.2) is 9.37 Å². The van der Waals surface area contributed by atoms with E-state index in [9.17, 15) is 9.59 Å². The van der Waals surface area contributed by atoms with Crippen molar-refractivity contribution in [1.29, 1.82) is 0 Å². The van der Waals surface area contributed by atoms with Gasteiger partial charge in [-0.05, 0) is 57.5 Å². The van der Waals surface area contributed by atoms with Crippen LogP contribution in [0.15, 0.2) is 52.9 Å². The molecule has 216 valence electrons. The predicted octanol–water partition coefficient (Wildman–Crippen LogP) is 5.16. The van der Waals surface area contributed by atoms with Gasteiger partial charge >= 0.3 is 11.9 Å². The lowest BCUT2D eigenvalue weighted by molar-refractivity contribution is -0.149. The number of nitrogens with two attached hydrogens (primary N) is 1. The summed E-state index contributed by atoms with van der Waals surface area (Å²) in [5, 5.41) is 4.91. The molecule has 0 radical (unpaired) electrons. The molecule has 0 saturated carbocycles. The minimum atomic E-state index is -0.697. The standard InChI is InChI=1S/C32H38N4O5/c1-7-35(8-2)21-11-13-23-27(17-21)41-28-18-22(36(9-3)10-4)12-14-24(28)29(23)25-15-16-26(34-6)31(33)30(25)32(38)40-19-39-20(5)37/h11-18H,7-10,19H2,1-6H3,(H2,33,38)/p+1. The summed E-state index contributed by atoms with van der Waals surface area (Å²) in [6.45, 7) is 12.6. The van der Waals surface area contributed by atoms with Crippen molar-refractivity contribution in [3.63, 3.8) is 0 Å². The molecule has 1 heterocycles. The zero-order valence-corrected chi connectivity index (χ0v) is 24.7. The van der Waals surface area contributed by atoms with Crippen molar-refractivity contribution in [3.05, 3.63) is 59.5 Å². The summed E-state index contributed by atoms with van der Waals surface area (Å²) in [5.74, 6) is -0.564. The molecule has 0 fully saturated rings. The number of nitrogens with zero attached hydrogens (tertiary/aromatic N) is 2. The molecule has 0 spiro atoms. The number of esters is 2. The molecule has 2 aliphatic rings. The lowest BCUT2D eigenvalue weighted by Gasteiger charge is -2.23. The number of fused-ring (bicyclic) bond motifs is 2. The molecule has 2 aromatic rings. The van der Waals surface area contributed by atoms with E-state index in [1.54, 1.807) is 7.05 Å². The first-order valence-electron chi connectivity index (χ1n) is 14.0. The number of anilines is 3. The molecule has 9 nitrogen and oxygen atoms in total. The number of carbonyl (C=O) groups excluding carboxylic acids is 2. The van der Waals surface area contributed by atoms with Crippen LogP contribution in [-0.4, -0.2) is 52.0 Å². The van der Waals surface area contributed by atoms with E-state index in [0.717, 1.165) is 53.7 Å². The van der Waals surface area contributed by atoms with Crippen LogP contribution in [0.1, 0.15) is 45.0 Å². The van der Waals surface area contributed by atoms with Gasteiger partial charge in [0.25, 0.3) is 0 Å². The highest BCUT2D eigenvalue weighted by molar-refractivity contribution is 6.12. The maximum atomic E-state index is 13.5. The van der Waals surface area contributed by atoms with Crippen LogP contribution in [0.4, 0.5) is 17.1 Å². The summed E-state index contributed by atoms with van der Waals surface area (Å²) >= 11 is 0. The molecule has 1 aliphatic carbocycles. The van der Waals surface area contributed by atoms with Crippen molar-refractivity contribution in [3.8, 4) is 22.5 Å². The first kappa shape index (κ1) is 29.5. The number of benzene rings is 3. The van der Waals surface area contributed by atoms with Crippen molar-refractivity contribution in [2.45, 2.75) is 34.6 Å². The zero-order valence-electron chi connectivity index (χ0n) is 24.7.